The van der Waals surface area contributed by atoms with Crippen molar-refractivity contribution in [1.29, 1.82) is 5.26 Å². The largest absolute Gasteiger partial charge is 0.357 e. The van der Waals surface area contributed by atoms with Gasteiger partial charge in [0.05, 0.1) is 5.56 Å². The number of nitrogens with zero attached hydrogens (tertiary/aromatic N) is 3. The third kappa shape index (κ3) is 1.70. The zero-order valence-corrected chi connectivity index (χ0v) is 10.6. The Morgan fingerprint density at radius 1 is 1.33 bits per heavy atom. The summed E-state index contributed by atoms with van der Waals surface area (Å²) in [7, 11) is 1.61. The summed E-state index contributed by atoms with van der Waals surface area (Å²) in [6, 6.07) is 1.89. The van der Waals surface area contributed by atoms with E-state index in [-0.39, 0.29) is 11.1 Å². The lowest BCUT2D eigenvalue weighted by molar-refractivity contribution is 0.112. The summed E-state index contributed by atoms with van der Waals surface area (Å²) >= 11 is 0. The van der Waals surface area contributed by atoms with Gasteiger partial charge in [-0.15, -0.1) is 0 Å². The number of rotatable bonds is 2. The van der Waals surface area contributed by atoms with E-state index in [1.807, 2.05) is 11.0 Å². The molecule has 94 valence electrons. The minimum Gasteiger partial charge on any atom is -0.357 e. The fourth-order valence-electron chi connectivity index (χ4n) is 2.49. The number of aldehydes is 1. The van der Waals surface area contributed by atoms with Crippen LogP contribution in [0.5, 0.6) is 0 Å². The number of carbonyl (C=O) groups excluding carboxylic acids is 1. The molecule has 0 spiro atoms. The molecule has 0 amide bonds. The Bertz CT molecular complexity index is 590. The second-order valence-corrected chi connectivity index (χ2v) is 4.53. The smallest absolute Gasteiger partial charge is 0.270 e. The number of anilines is 1. The SMILES string of the molecule is Cc1c(C=O)c(N2CCCC2)n(C)c(=O)c1C#N. The molecule has 2 rings (SSSR count). The van der Waals surface area contributed by atoms with Gasteiger partial charge in [0.2, 0.25) is 0 Å². The number of nitriles is 1. The van der Waals surface area contributed by atoms with E-state index in [9.17, 15) is 9.59 Å². The van der Waals surface area contributed by atoms with Crippen LogP contribution in [0.1, 0.15) is 34.3 Å². The topological polar surface area (TPSA) is 66.1 Å². The van der Waals surface area contributed by atoms with Crippen molar-refractivity contribution < 1.29 is 4.79 Å². The van der Waals surface area contributed by atoms with Gasteiger partial charge in [-0.25, -0.2) is 0 Å². The number of carbonyl (C=O) groups is 1. The predicted molar refractivity (Wildman–Crippen MR) is 68.0 cm³/mol. The molecule has 0 aliphatic carbocycles. The quantitative estimate of drug-likeness (QED) is 0.728. The van der Waals surface area contributed by atoms with Crippen molar-refractivity contribution in [3.05, 3.63) is 27.0 Å². The highest BCUT2D eigenvalue weighted by Crippen LogP contribution is 2.25. The number of hydrogen-bond acceptors (Lipinski definition) is 4. The van der Waals surface area contributed by atoms with E-state index in [0.717, 1.165) is 32.2 Å². The first-order valence-corrected chi connectivity index (χ1v) is 5.95. The second-order valence-electron chi connectivity index (χ2n) is 4.53. The Morgan fingerprint density at radius 2 is 1.94 bits per heavy atom. The minimum atomic E-state index is -0.331. The lowest BCUT2D eigenvalue weighted by Gasteiger charge is -2.23. The van der Waals surface area contributed by atoms with Crippen LogP contribution in [0.3, 0.4) is 0 Å². The molecule has 1 fully saturated rings. The van der Waals surface area contributed by atoms with Crippen LogP contribution in [-0.2, 0) is 7.05 Å². The molecule has 0 saturated carbocycles. The van der Waals surface area contributed by atoms with E-state index in [1.165, 1.54) is 4.57 Å². The van der Waals surface area contributed by atoms with Crippen molar-refractivity contribution in [3.8, 4) is 6.07 Å². The van der Waals surface area contributed by atoms with Crippen molar-refractivity contribution in [3.63, 3.8) is 0 Å². The molecule has 5 heteroatoms. The van der Waals surface area contributed by atoms with Gasteiger partial charge in [0.15, 0.2) is 6.29 Å². The fourth-order valence-corrected chi connectivity index (χ4v) is 2.49. The molecule has 18 heavy (non-hydrogen) atoms. The van der Waals surface area contributed by atoms with E-state index < -0.39 is 0 Å². The molecule has 1 aromatic rings. The van der Waals surface area contributed by atoms with Crippen LogP contribution in [-0.4, -0.2) is 23.9 Å². The molecular formula is C13H15N3O2. The zero-order valence-electron chi connectivity index (χ0n) is 10.6. The highest BCUT2D eigenvalue weighted by atomic mass is 16.1. The number of hydrogen-bond donors (Lipinski definition) is 0. The van der Waals surface area contributed by atoms with Crippen molar-refractivity contribution >= 4 is 12.1 Å². The molecule has 0 aromatic carbocycles. The minimum absolute atomic E-state index is 0.0579. The third-order valence-corrected chi connectivity index (χ3v) is 3.49. The molecule has 1 aliphatic rings. The Labute approximate surface area is 105 Å². The normalized spacial score (nSPS) is 14.6. The average Bonchev–Trinajstić information content (AvgIpc) is 2.87. The van der Waals surface area contributed by atoms with Crippen LogP contribution in [0, 0.1) is 18.3 Å². The second kappa shape index (κ2) is 4.65. The van der Waals surface area contributed by atoms with Crippen LogP contribution < -0.4 is 10.5 Å². The predicted octanol–water partition coefficient (Wildman–Crippen LogP) is 0.978. The van der Waals surface area contributed by atoms with Crippen molar-refractivity contribution in [2.75, 3.05) is 18.0 Å². The van der Waals surface area contributed by atoms with Gasteiger partial charge >= 0.3 is 0 Å². The molecule has 1 aliphatic heterocycles. The van der Waals surface area contributed by atoms with E-state index >= 15 is 0 Å². The highest BCUT2D eigenvalue weighted by molar-refractivity contribution is 5.86. The summed E-state index contributed by atoms with van der Waals surface area (Å²) in [6.45, 7) is 3.35. The summed E-state index contributed by atoms with van der Waals surface area (Å²) in [5.41, 5.74) is 0.665. The summed E-state index contributed by atoms with van der Waals surface area (Å²) in [6.07, 6.45) is 2.86. The molecule has 0 bridgehead atoms. The molecular weight excluding hydrogens is 230 g/mol. The first-order valence-electron chi connectivity index (χ1n) is 5.95. The van der Waals surface area contributed by atoms with Gasteiger partial charge in [-0.05, 0) is 25.3 Å². The maximum atomic E-state index is 12.1. The maximum absolute atomic E-state index is 12.1. The van der Waals surface area contributed by atoms with E-state index in [1.54, 1.807) is 14.0 Å². The lowest BCUT2D eigenvalue weighted by Crippen LogP contribution is -2.32. The molecule has 0 N–H and O–H groups in total. The fraction of sp³-hybridized carbons (Fsp3) is 0.462. The average molecular weight is 245 g/mol. The van der Waals surface area contributed by atoms with Crippen molar-refractivity contribution in [2.45, 2.75) is 19.8 Å². The van der Waals surface area contributed by atoms with Gasteiger partial charge in [-0.3, -0.25) is 14.2 Å². The summed E-state index contributed by atoms with van der Waals surface area (Å²) in [4.78, 5) is 25.4. The lowest BCUT2D eigenvalue weighted by atomic mass is 10.1. The highest BCUT2D eigenvalue weighted by Gasteiger charge is 2.23. The van der Waals surface area contributed by atoms with Gasteiger partial charge in [0.1, 0.15) is 17.5 Å². The molecule has 1 aromatic heterocycles. The Hall–Kier alpha value is -2.09. The first-order chi connectivity index (χ1) is 8.61. The van der Waals surface area contributed by atoms with Gasteiger partial charge in [-0.2, -0.15) is 5.26 Å². The standard InChI is InChI=1S/C13H15N3O2/c1-9-10(7-14)13(18)15(2)12(11(9)8-17)16-5-3-4-6-16/h8H,3-6H2,1-2H3. The first kappa shape index (κ1) is 12.4. The Morgan fingerprint density at radius 3 is 2.44 bits per heavy atom. The van der Waals surface area contributed by atoms with E-state index in [4.69, 9.17) is 5.26 Å². The van der Waals surface area contributed by atoms with E-state index in [0.29, 0.717) is 16.9 Å². The van der Waals surface area contributed by atoms with Gasteiger partial charge < -0.3 is 4.90 Å². The van der Waals surface area contributed by atoms with Crippen LogP contribution in [0.2, 0.25) is 0 Å². The van der Waals surface area contributed by atoms with Crippen LogP contribution >= 0.6 is 0 Å². The van der Waals surface area contributed by atoms with Gasteiger partial charge in [0, 0.05) is 20.1 Å². The molecule has 0 radical (unpaired) electrons. The zero-order chi connectivity index (χ0) is 13.3. The van der Waals surface area contributed by atoms with Crippen molar-refractivity contribution in [2.24, 2.45) is 7.05 Å². The third-order valence-electron chi connectivity index (χ3n) is 3.49. The number of pyridine rings is 1. The van der Waals surface area contributed by atoms with Crippen molar-refractivity contribution in [1.82, 2.24) is 4.57 Å². The van der Waals surface area contributed by atoms with Crippen LogP contribution in [0.4, 0.5) is 5.82 Å². The summed E-state index contributed by atoms with van der Waals surface area (Å²) in [5, 5.41) is 9.01. The Balaban J connectivity index is 2.76. The van der Waals surface area contributed by atoms with E-state index in [2.05, 4.69) is 0 Å². The van der Waals surface area contributed by atoms with Gasteiger partial charge in [0.25, 0.3) is 5.56 Å². The molecule has 5 nitrogen and oxygen atoms in total. The Kier molecular flexibility index (Phi) is 3.19. The van der Waals surface area contributed by atoms with Crippen LogP contribution in [0.15, 0.2) is 4.79 Å². The van der Waals surface area contributed by atoms with Crippen LogP contribution in [0.25, 0.3) is 0 Å². The monoisotopic (exact) mass is 245 g/mol. The maximum Gasteiger partial charge on any atom is 0.270 e. The molecule has 2 heterocycles. The molecule has 1 saturated heterocycles. The molecule has 0 unspecified atom stereocenters. The summed E-state index contributed by atoms with van der Waals surface area (Å²) in [5.74, 6) is 0.643. The number of aromatic nitrogens is 1. The van der Waals surface area contributed by atoms with Gasteiger partial charge in [-0.1, -0.05) is 0 Å². The summed E-state index contributed by atoms with van der Waals surface area (Å²) < 4.78 is 1.42. The molecule has 0 atom stereocenters.